The van der Waals surface area contributed by atoms with Gasteiger partial charge in [-0.2, -0.15) is 0 Å². The summed E-state index contributed by atoms with van der Waals surface area (Å²) in [5, 5.41) is 10.7. The smallest absolute Gasteiger partial charge is 0.270 e. The monoisotopic (exact) mass is 331 g/mol. The lowest BCUT2D eigenvalue weighted by molar-refractivity contribution is -0.384. The second kappa shape index (κ2) is 6.25. The van der Waals surface area contributed by atoms with Crippen molar-refractivity contribution in [3.05, 3.63) is 80.3 Å². The molecule has 5 heteroatoms. The highest BCUT2D eigenvalue weighted by Crippen LogP contribution is 2.18. The van der Waals surface area contributed by atoms with Crippen molar-refractivity contribution >= 4 is 33.5 Å². The van der Waals surface area contributed by atoms with Crippen LogP contribution in [-0.2, 0) is 0 Å². The molecule has 20 heavy (non-hydrogen) atoms. The highest BCUT2D eigenvalue weighted by molar-refractivity contribution is 9.10. The van der Waals surface area contributed by atoms with Gasteiger partial charge in [-0.05, 0) is 23.8 Å². The van der Waals surface area contributed by atoms with E-state index in [1.165, 1.54) is 18.2 Å². The molecule has 0 spiro atoms. The van der Waals surface area contributed by atoms with Crippen molar-refractivity contribution in [2.45, 2.75) is 0 Å². The van der Waals surface area contributed by atoms with Crippen molar-refractivity contribution in [1.82, 2.24) is 0 Å². The average Bonchev–Trinajstić information content (AvgIpc) is 2.45. The van der Waals surface area contributed by atoms with Crippen molar-refractivity contribution in [3.8, 4) is 0 Å². The van der Waals surface area contributed by atoms with Crippen LogP contribution < -0.4 is 0 Å². The molecule has 0 saturated carbocycles. The van der Waals surface area contributed by atoms with E-state index in [0.29, 0.717) is 15.6 Å². The number of hydrogen-bond acceptors (Lipinski definition) is 3. The maximum atomic E-state index is 12.0. The van der Waals surface area contributed by atoms with E-state index in [1.807, 2.05) is 6.07 Å². The summed E-state index contributed by atoms with van der Waals surface area (Å²) in [5.41, 5.74) is 1.16. The lowest BCUT2D eigenvalue weighted by Gasteiger charge is -1.99. The SMILES string of the molecule is O=C(C=Cc1cccc([N+](=O)[O-])c1)c1ccccc1Br. The Labute approximate surface area is 124 Å². The van der Waals surface area contributed by atoms with Crippen LogP contribution in [0.25, 0.3) is 6.08 Å². The number of nitro benzene ring substituents is 1. The van der Waals surface area contributed by atoms with Gasteiger partial charge < -0.3 is 0 Å². The van der Waals surface area contributed by atoms with Gasteiger partial charge in [0.2, 0.25) is 0 Å². The van der Waals surface area contributed by atoms with Crippen LogP contribution in [0.5, 0.6) is 0 Å². The van der Waals surface area contributed by atoms with E-state index in [2.05, 4.69) is 15.9 Å². The first-order valence-corrected chi connectivity index (χ1v) is 6.58. The van der Waals surface area contributed by atoms with Crippen LogP contribution in [0.4, 0.5) is 5.69 Å². The van der Waals surface area contributed by atoms with Crippen LogP contribution in [-0.4, -0.2) is 10.7 Å². The van der Waals surface area contributed by atoms with Crippen molar-refractivity contribution < 1.29 is 9.72 Å². The van der Waals surface area contributed by atoms with Gasteiger partial charge in [0, 0.05) is 22.2 Å². The van der Waals surface area contributed by atoms with Gasteiger partial charge in [-0.3, -0.25) is 14.9 Å². The number of rotatable bonds is 4. The first kappa shape index (κ1) is 14.1. The second-order valence-electron chi connectivity index (χ2n) is 4.03. The fourth-order valence-corrected chi connectivity index (χ4v) is 2.14. The Bertz CT molecular complexity index is 695. The van der Waals surface area contributed by atoms with Gasteiger partial charge in [0.1, 0.15) is 0 Å². The fourth-order valence-electron chi connectivity index (χ4n) is 1.66. The molecule has 2 rings (SSSR count). The summed E-state index contributed by atoms with van der Waals surface area (Å²) in [5.74, 6) is -0.163. The van der Waals surface area contributed by atoms with Crippen molar-refractivity contribution in [1.29, 1.82) is 0 Å². The number of allylic oxidation sites excluding steroid dienone is 1. The molecule has 100 valence electrons. The molecule has 0 fully saturated rings. The molecular formula is C15H10BrNO3. The highest BCUT2D eigenvalue weighted by Gasteiger charge is 2.07. The van der Waals surface area contributed by atoms with Gasteiger partial charge in [-0.1, -0.05) is 46.3 Å². The van der Waals surface area contributed by atoms with Gasteiger partial charge in [0.15, 0.2) is 5.78 Å². The van der Waals surface area contributed by atoms with E-state index in [1.54, 1.807) is 36.4 Å². The third-order valence-electron chi connectivity index (χ3n) is 2.65. The molecule has 2 aromatic rings. The molecule has 0 saturated heterocycles. The van der Waals surface area contributed by atoms with E-state index >= 15 is 0 Å². The van der Waals surface area contributed by atoms with Crippen molar-refractivity contribution in [2.24, 2.45) is 0 Å². The molecular weight excluding hydrogens is 322 g/mol. The third kappa shape index (κ3) is 3.39. The summed E-state index contributed by atoms with van der Waals surface area (Å²) in [6.07, 6.45) is 2.97. The van der Waals surface area contributed by atoms with Gasteiger partial charge >= 0.3 is 0 Å². The number of carbonyl (C=O) groups is 1. The zero-order chi connectivity index (χ0) is 14.5. The Morgan fingerprint density at radius 3 is 2.60 bits per heavy atom. The summed E-state index contributed by atoms with van der Waals surface area (Å²) in [7, 11) is 0. The number of carbonyl (C=O) groups excluding carboxylic acids is 1. The molecule has 0 heterocycles. The largest absolute Gasteiger partial charge is 0.289 e. The minimum atomic E-state index is -0.465. The van der Waals surface area contributed by atoms with Crippen LogP contribution in [0.15, 0.2) is 59.1 Å². The molecule has 0 aromatic heterocycles. The predicted molar refractivity (Wildman–Crippen MR) is 80.6 cm³/mol. The van der Waals surface area contributed by atoms with Crippen LogP contribution in [0.2, 0.25) is 0 Å². The van der Waals surface area contributed by atoms with Crippen molar-refractivity contribution in [3.63, 3.8) is 0 Å². The van der Waals surface area contributed by atoms with Crippen LogP contribution in [0.3, 0.4) is 0 Å². The second-order valence-corrected chi connectivity index (χ2v) is 4.88. The Balaban J connectivity index is 2.21. The lowest BCUT2D eigenvalue weighted by atomic mass is 10.1. The van der Waals surface area contributed by atoms with Crippen LogP contribution in [0.1, 0.15) is 15.9 Å². The molecule has 0 N–H and O–H groups in total. The number of benzene rings is 2. The Hall–Kier alpha value is -2.27. The van der Waals surface area contributed by atoms with E-state index in [0.717, 1.165) is 0 Å². The number of hydrogen-bond donors (Lipinski definition) is 0. The maximum Gasteiger partial charge on any atom is 0.270 e. The number of nitro groups is 1. The van der Waals surface area contributed by atoms with Gasteiger partial charge in [-0.15, -0.1) is 0 Å². The molecule has 0 atom stereocenters. The summed E-state index contributed by atoms with van der Waals surface area (Å²) >= 11 is 3.31. The average molecular weight is 332 g/mol. The maximum absolute atomic E-state index is 12.0. The molecule has 0 aliphatic rings. The molecule has 0 bridgehead atoms. The molecule has 0 radical (unpaired) electrons. The van der Waals surface area contributed by atoms with Crippen LogP contribution >= 0.6 is 15.9 Å². The predicted octanol–water partition coefficient (Wildman–Crippen LogP) is 4.25. The van der Waals surface area contributed by atoms with Crippen LogP contribution in [0, 0.1) is 10.1 Å². The topological polar surface area (TPSA) is 60.2 Å². The first-order chi connectivity index (χ1) is 9.58. The Morgan fingerprint density at radius 1 is 1.15 bits per heavy atom. The van der Waals surface area contributed by atoms with E-state index in [4.69, 9.17) is 0 Å². The quantitative estimate of drug-likeness (QED) is 0.364. The van der Waals surface area contributed by atoms with Gasteiger partial charge in [-0.25, -0.2) is 0 Å². The summed E-state index contributed by atoms with van der Waals surface area (Å²) in [6.45, 7) is 0. The fraction of sp³-hybridized carbons (Fsp3) is 0. The zero-order valence-electron chi connectivity index (χ0n) is 10.3. The minimum absolute atomic E-state index is 0.000454. The Morgan fingerprint density at radius 2 is 1.90 bits per heavy atom. The molecule has 0 unspecified atom stereocenters. The number of halogens is 1. The number of ketones is 1. The van der Waals surface area contributed by atoms with Gasteiger partial charge in [0.25, 0.3) is 5.69 Å². The highest BCUT2D eigenvalue weighted by atomic mass is 79.9. The Kier molecular flexibility index (Phi) is 4.42. The van der Waals surface area contributed by atoms with Gasteiger partial charge in [0.05, 0.1) is 4.92 Å². The molecule has 0 aliphatic carbocycles. The standard InChI is InChI=1S/C15H10BrNO3/c16-14-7-2-1-6-13(14)15(18)9-8-11-4-3-5-12(10-11)17(19)20/h1-10H. The molecule has 2 aromatic carbocycles. The summed E-state index contributed by atoms with van der Waals surface area (Å²) in [4.78, 5) is 22.2. The zero-order valence-corrected chi connectivity index (χ0v) is 11.9. The van der Waals surface area contributed by atoms with E-state index in [-0.39, 0.29) is 11.5 Å². The molecule has 0 aliphatic heterocycles. The molecule has 0 amide bonds. The third-order valence-corrected chi connectivity index (χ3v) is 3.34. The minimum Gasteiger partial charge on any atom is -0.289 e. The van der Waals surface area contributed by atoms with Crippen molar-refractivity contribution in [2.75, 3.05) is 0 Å². The summed E-state index contributed by atoms with van der Waals surface area (Å²) < 4.78 is 0.716. The normalized spacial score (nSPS) is 10.7. The number of nitrogens with zero attached hydrogens (tertiary/aromatic N) is 1. The lowest BCUT2D eigenvalue weighted by Crippen LogP contribution is -1.95. The first-order valence-electron chi connectivity index (χ1n) is 5.79. The summed E-state index contributed by atoms with van der Waals surface area (Å²) in [6, 6.07) is 13.2. The van der Waals surface area contributed by atoms with E-state index < -0.39 is 4.92 Å². The molecule has 4 nitrogen and oxygen atoms in total. The van der Waals surface area contributed by atoms with E-state index in [9.17, 15) is 14.9 Å². The number of non-ortho nitro benzene ring substituents is 1.